The van der Waals surface area contributed by atoms with Gasteiger partial charge in [0.05, 0.1) is 21.1 Å². The highest BCUT2D eigenvalue weighted by Gasteiger charge is 2.02. The Bertz CT molecular complexity index is 276. The summed E-state index contributed by atoms with van der Waals surface area (Å²) in [5.74, 6) is 2.58. The molecule has 0 heterocycles. The van der Waals surface area contributed by atoms with E-state index < -0.39 is 0 Å². The topological polar surface area (TPSA) is 26.3 Å². The molecule has 0 bridgehead atoms. The summed E-state index contributed by atoms with van der Waals surface area (Å²) in [4.78, 5) is 10.9. The van der Waals surface area contributed by atoms with Gasteiger partial charge in [-0.3, -0.25) is 4.48 Å². The van der Waals surface area contributed by atoms with E-state index in [9.17, 15) is 4.79 Å². The Labute approximate surface area is 85.9 Å². The van der Waals surface area contributed by atoms with Gasteiger partial charge < -0.3 is 4.74 Å². The molecule has 0 aromatic carbocycles. The summed E-state index contributed by atoms with van der Waals surface area (Å²) in [6.07, 6.45) is 0.564. The zero-order valence-corrected chi connectivity index (χ0v) is 9.39. The molecule has 0 aliphatic heterocycles. The van der Waals surface area contributed by atoms with Gasteiger partial charge in [0.15, 0.2) is 0 Å². The Hall–Kier alpha value is -1.27. The number of esters is 1. The number of quaternary nitrogens is 1. The van der Waals surface area contributed by atoms with Gasteiger partial charge in [0.25, 0.3) is 0 Å². The van der Waals surface area contributed by atoms with Gasteiger partial charge in [-0.1, -0.05) is 6.58 Å². The SMILES string of the molecule is C=C(C)C(=O)OCCC#C[N+](C)(C)C. The molecule has 0 spiro atoms. The Morgan fingerprint density at radius 1 is 1.43 bits per heavy atom. The van der Waals surface area contributed by atoms with E-state index in [1.165, 1.54) is 0 Å². The van der Waals surface area contributed by atoms with Gasteiger partial charge in [-0.15, -0.1) is 0 Å². The lowest BCUT2D eigenvalue weighted by molar-refractivity contribution is -0.800. The minimum absolute atomic E-state index is 0.332. The smallest absolute Gasteiger partial charge is 0.333 e. The van der Waals surface area contributed by atoms with Gasteiger partial charge in [-0.2, -0.15) is 0 Å². The molecule has 0 radical (unpaired) electrons. The van der Waals surface area contributed by atoms with E-state index in [0.717, 1.165) is 0 Å². The molecule has 0 fully saturated rings. The number of carbonyl (C=O) groups excluding carboxylic acids is 1. The summed E-state index contributed by atoms with van der Waals surface area (Å²) in [7, 11) is 5.94. The van der Waals surface area contributed by atoms with Crippen molar-refractivity contribution < 1.29 is 14.0 Å². The molecule has 0 aromatic rings. The van der Waals surface area contributed by atoms with Crippen LogP contribution in [0.1, 0.15) is 13.3 Å². The highest BCUT2D eigenvalue weighted by molar-refractivity contribution is 5.86. The molecule has 0 unspecified atom stereocenters. The highest BCUT2D eigenvalue weighted by atomic mass is 16.5. The number of hydrogen-bond acceptors (Lipinski definition) is 2. The second-order valence-corrected chi connectivity index (χ2v) is 3.97. The number of nitrogens with zero attached hydrogens (tertiary/aromatic N) is 1. The van der Waals surface area contributed by atoms with Crippen molar-refractivity contribution in [2.75, 3.05) is 27.7 Å². The minimum Gasteiger partial charge on any atom is -0.461 e. The molecule has 0 aliphatic rings. The van der Waals surface area contributed by atoms with E-state index in [4.69, 9.17) is 4.74 Å². The summed E-state index contributed by atoms with van der Waals surface area (Å²) >= 11 is 0. The summed E-state index contributed by atoms with van der Waals surface area (Å²) in [6.45, 7) is 5.44. The predicted octanol–water partition coefficient (Wildman–Crippen LogP) is 1.16. The van der Waals surface area contributed by atoms with Crippen LogP contribution in [0, 0.1) is 12.0 Å². The van der Waals surface area contributed by atoms with Crippen molar-refractivity contribution in [2.45, 2.75) is 13.3 Å². The lowest BCUT2D eigenvalue weighted by atomic mass is 10.4. The van der Waals surface area contributed by atoms with Gasteiger partial charge in [-0.05, 0) is 12.8 Å². The van der Waals surface area contributed by atoms with Gasteiger partial charge in [-0.25, -0.2) is 4.79 Å². The van der Waals surface area contributed by atoms with Crippen molar-refractivity contribution in [3.8, 4) is 12.0 Å². The Morgan fingerprint density at radius 3 is 2.43 bits per heavy atom. The molecule has 0 rings (SSSR count). The lowest BCUT2D eigenvalue weighted by Crippen LogP contribution is -2.27. The fraction of sp³-hybridized carbons (Fsp3) is 0.545. The van der Waals surface area contributed by atoms with E-state index in [-0.39, 0.29) is 5.97 Å². The van der Waals surface area contributed by atoms with Crippen molar-refractivity contribution in [2.24, 2.45) is 0 Å². The maximum Gasteiger partial charge on any atom is 0.333 e. The Balaban J connectivity index is 3.71. The number of rotatable bonds is 3. The molecule has 0 saturated carbocycles. The predicted molar refractivity (Wildman–Crippen MR) is 56.2 cm³/mol. The summed E-state index contributed by atoms with van der Waals surface area (Å²) in [5, 5.41) is 0. The second-order valence-electron chi connectivity index (χ2n) is 3.97. The van der Waals surface area contributed by atoms with Crippen molar-refractivity contribution in [1.82, 2.24) is 0 Å². The molecule has 0 amide bonds. The zero-order valence-electron chi connectivity index (χ0n) is 9.39. The molecule has 3 nitrogen and oxygen atoms in total. The molecule has 0 aromatic heterocycles. The molecule has 0 aliphatic carbocycles. The molecule has 0 N–H and O–H groups in total. The second kappa shape index (κ2) is 5.46. The van der Waals surface area contributed by atoms with Crippen molar-refractivity contribution in [3.05, 3.63) is 12.2 Å². The van der Waals surface area contributed by atoms with Gasteiger partial charge in [0.2, 0.25) is 0 Å². The maximum absolute atomic E-state index is 10.9. The number of hydrogen-bond donors (Lipinski definition) is 0. The zero-order chi connectivity index (χ0) is 11.2. The van der Waals surface area contributed by atoms with E-state index in [1.807, 2.05) is 21.1 Å². The van der Waals surface area contributed by atoms with Crippen LogP contribution in [0.3, 0.4) is 0 Å². The van der Waals surface area contributed by atoms with E-state index in [2.05, 4.69) is 18.5 Å². The van der Waals surface area contributed by atoms with Gasteiger partial charge >= 0.3 is 5.97 Å². The maximum atomic E-state index is 10.9. The average molecular weight is 196 g/mol. The van der Waals surface area contributed by atoms with Crippen LogP contribution in [0.5, 0.6) is 0 Å². The molecule has 0 saturated heterocycles. The summed E-state index contributed by atoms with van der Waals surface area (Å²) < 4.78 is 5.46. The lowest BCUT2D eigenvalue weighted by Gasteiger charge is -2.12. The van der Waals surface area contributed by atoms with Crippen LogP contribution in [0.15, 0.2) is 12.2 Å². The van der Waals surface area contributed by atoms with Crippen LogP contribution in [0.2, 0.25) is 0 Å². The first-order chi connectivity index (χ1) is 6.33. The third-order valence-corrected chi connectivity index (χ3v) is 1.22. The summed E-state index contributed by atoms with van der Waals surface area (Å²) in [6, 6.07) is 3.00. The van der Waals surface area contributed by atoms with E-state index >= 15 is 0 Å². The van der Waals surface area contributed by atoms with Crippen LogP contribution < -0.4 is 0 Å². The third-order valence-electron chi connectivity index (χ3n) is 1.22. The Kier molecular flexibility index (Phi) is 4.96. The molecule has 3 heteroatoms. The number of ether oxygens (including phenoxy) is 1. The van der Waals surface area contributed by atoms with Gasteiger partial charge in [0.1, 0.15) is 12.7 Å². The van der Waals surface area contributed by atoms with E-state index in [1.54, 1.807) is 6.92 Å². The first-order valence-corrected chi connectivity index (χ1v) is 4.47. The monoisotopic (exact) mass is 196 g/mol. The normalized spacial score (nSPS) is 10.0. The molecule has 14 heavy (non-hydrogen) atoms. The molecule has 0 atom stereocenters. The summed E-state index contributed by atoms with van der Waals surface area (Å²) in [5.41, 5.74) is 0.421. The third kappa shape index (κ3) is 7.38. The average Bonchev–Trinajstić information content (AvgIpc) is 2.01. The number of carbonyl (C=O) groups is 1. The van der Waals surface area contributed by atoms with Crippen molar-refractivity contribution in [1.29, 1.82) is 0 Å². The minimum atomic E-state index is -0.350. The highest BCUT2D eigenvalue weighted by Crippen LogP contribution is 1.93. The molecule has 78 valence electrons. The fourth-order valence-electron chi connectivity index (χ4n) is 0.611. The van der Waals surface area contributed by atoms with Crippen molar-refractivity contribution in [3.63, 3.8) is 0 Å². The van der Waals surface area contributed by atoms with E-state index in [0.29, 0.717) is 23.1 Å². The van der Waals surface area contributed by atoms with Crippen molar-refractivity contribution >= 4 is 5.97 Å². The molecular formula is C11H18NO2+. The van der Waals surface area contributed by atoms with Crippen LogP contribution in [-0.2, 0) is 9.53 Å². The standard InChI is InChI=1S/C11H18NO2/c1-10(2)11(13)14-9-7-6-8-12(3,4)5/h1,7,9H2,2-5H3/q+1. The first kappa shape index (κ1) is 12.7. The largest absolute Gasteiger partial charge is 0.461 e. The quantitative estimate of drug-likeness (QED) is 0.223. The first-order valence-electron chi connectivity index (χ1n) is 4.47. The molecular weight excluding hydrogens is 178 g/mol. The van der Waals surface area contributed by atoms with Crippen LogP contribution in [0.25, 0.3) is 0 Å². The van der Waals surface area contributed by atoms with Crippen LogP contribution in [-0.4, -0.2) is 38.2 Å². The van der Waals surface area contributed by atoms with Gasteiger partial charge in [0, 0.05) is 12.0 Å². The Morgan fingerprint density at radius 2 is 2.00 bits per heavy atom. The van der Waals surface area contributed by atoms with Crippen LogP contribution in [0.4, 0.5) is 0 Å². The fourth-order valence-corrected chi connectivity index (χ4v) is 0.611. The van der Waals surface area contributed by atoms with Crippen LogP contribution >= 0.6 is 0 Å².